The van der Waals surface area contributed by atoms with Crippen LogP contribution in [0.25, 0.3) is 11.4 Å². The molecule has 158 valence electrons. The second-order valence-corrected chi connectivity index (χ2v) is 6.88. The van der Waals surface area contributed by atoms with Crippen LogP contribution in [-0.4, -0.2) is 16.0 Å². The molecule has 9 heteroatoms. The van der Waals surface area contributed by atoms with Crippen LogP contribution in [0.15, 0.2) is 53.1 Å². The first-order valence-corrected chi connectivity index (χ1v) is 9.26. The van der Waals surface area contributed by atoms with Crippen molar-refractivity contribution >= 4 is 5.91 Å². The van der Waals surface area contributed by atoms with Gasteiger partial charge in [-0.15, -0.1) is 0 Å². The monoisotopic (exact) mass is 421 g/mol. The third kappa shape index (κ3) is 4.84. The van der Waals surface area contributed by atoms with Gasteiger partial charge >= 0.3 is 6.18 Å². The average Bonchev–Trinajstić information content (AvgIpc) is 3.20. The first-order chi connectivity index (χ1) is 14.2. The minimum absolute atomic E-state index is 0.0237. The van der Waals surface area contributed by atoms with Crippen molar-refractivity contribution in [3.05, 3.63) is 71.4 Å². The number of amides is 1. The number of nitrogens with zero attached hydrogens (tertiary/aromatic N) is 2. The standard InChI is InChI=1S/C21H19F4N3O2/c1-3-12(2)17(26-19(29)14-7-5-9-16(22)11-14)20-27-18(28-30-20)13-6-4-8-15(10-13)21(23,24)25/h4-12,17H,3H2,1-2H3,(H,26,29). The zero-order valence-electron chi connectivity index (χ0n) is 16.2. The quantitative estimate of drug-likeness (QED) is 0.541. The Morgan fingerprint density at radius 3 is 2.57 bits per heavy atom. The summed E-state index contributed by atoms with van der Waals surface area (Å²) in [7, 11) is 0. The Morgan fingerprint density at radius 2 is 1.90 bits per heavy atom. The predicted octanol–water partition coefficient (Wildman–Crippen LogP) is 5.41. The van der Waals surface area contributed by atoms with Crippen molar-refractivity contribution in [1.82, 2.24) is 15.5 Å². The average molecular weight is 421 g/mol. The molecule has 0 fully saturated rings. The molecule has 0 radical (unpaired) electrons. The van der Waals surface area contributed by atoms with Crippen LogP contribution in [0, 0.1) is 11.7 Å². The molecule has 0 saturated carbocycles. The van der Waals surface area contributed by atoms with Crippen LogP contribution in [0.3, 0.4) is 0 Å². The highest BCUT2D eigenvalue weighted by molar-refractivity contribution is 5.94. The number of carbonyl (C=O) groups is 1. The van der Waals surface area contributed by atoms with E-state index in [2.05, 4.69) is 15.5 Å². The second-order valence-electron chi connectivity index (χ2n) is 6.88. The van der Waals surface area contributed by atoms with Gasteiger partial charge in [0.05, 0.1) is 5.56 Å². The van der Waals surface area contributed by atoms with Crippen LogP contribution in [0.5, 0.6) is 0 Å². The molecule has 1 aromatic heterocycles. The third-order valence-corrected chi connectivity index (χ3v) is 4.74. The van der Waals surface area contributed by atoms with E-state index in [1.165, 1.54) is 30.3 Å². The molecule has 0 aliphatic carbocycles. The van der Waals surface area contributed by atoms with Crippen LogP contribution >= 0.6 is 0 Å². The Kier molecular flexibility index (Phi) is 6.19. The van der Waals surface area contributed by atoms with E-state index >= 15 is 0 Å². The summed E-state index contributed by atoms with van der Waals surface area (Å²) in [6.45, 7) is 3.75. The normalized spacial score (nSPS) is 13.7. The first kappa shape index (κ1) is 21.5. The lowest BCUT2D eigenvalue weighted by Gasteiger charge is -2.20. The number of halogens is 4. The molecule has 0 saturated heterocycles. The fourth-order valence-electron chi connectivity index (χ4n) is 2.85. The van der Waals surface area contributed by atoms with E-state index in [0.29, 0.717) is 6.42 Å². The van der Waals surface area contributed by atoms with Crippen molar-refractivity contribution in [2.24, 2.45) is 5.92 Å². The van der Waals surface area contributed by atoms with Gasteiger partial charge in [-0.1, -0.05) is 43.6 Å². The highest BCUT2D eigenvalue weighted by Crippen LogP contribution is 2.32. The zero-order chi connectivity index (χ0) is 21.9. The topological polar surface area (TPSA) is 68.0 Å². The predicted molar refractivity (Wildman–Crippen MR) is 101 cm³/mol. The van der Waals surface area contributed by atoms with E-state index in [1.807, 2.05) is 13.8 Å². The van der Waals surface area contributed by atoms with Gasteiger partial charge in [0, 0.05) is 11.1 Å². The van der Waals surface area contributed by atoms with E-state index < -0.39 is 29.5 Å². The van der Waals surface area contributed by atoms with E-state index in [4.69, 9.17) is 4.52 Å². The molecular formula is C21H19F4N3O2. The van der Waals surface area contributed by atoms with Crippen LogP contribution in [0.4, 0.5) is 17.6 Å². The zero-order valence-corrected chi connectivity index (χ0v) is 16.2. The number of nitrogens with one attached hydrogen (secondary N) is 1. The molecule has 1 heterocycles. The molecule has 3 rings (SSSR count). The minimum atomic E-state index is -4.50. The van der Waals surface area contributed by atoms with Gasteiger partial charge in [0.2, 0.25) is 11.7 Å². The molecule has 0 aliphatic heterocycles. The van der Waals surface area contributed by atoms with Gasteiger partial charge in [0.15, 0.2) is 0 Å². The molecule has 0 aliphatic rings. The molecule has 1 amide bonds. The third-order valence-electron chi connectivity index (χ3n) is 4.74. The summed E-state index contributed by atoms with van der Waals surface area (Å²) in [5, 5.41) is 6.52. The summed E-state index contributed by atoms with van der Waals surface area (Å²) in [6, 6.07) is 9.09. The Hall–Kier alpha value is -3.23. The van der Waals surface area contributed by atoms with Crippen LogP contribution in [-0.2, 0) is 6.18 Å². The summed E-state index contributed by atoms with van der Waals surface area (Å²) in [6.07, 6.45) is -3.85. The number of carbonyl (C=O) groups excluding carboxylic acids is 1. The van der Waals surface area contributed by atoms with Crippen molar-refractivity contribution in [2.45, 2.75) is 32.5 Å². The number of hydrogen-bond donors (Lipinski definition) is 1. The van der Waals surface area contributed by atoms with E-state index in [-0.39, 0.29) is 28.8 Å². The van der Waals surface area contributed by atoms with E-state index in [9.17, 15) is 22.4 Å². The summed E-state index contributed by atoms with van der Waals surface area (Å²) in [5.74, 6) is -1.17. The number of benzene rings is 2. The lowest BCUT2D eigenvalue weighted by atomic mass is 9.98. The minimum Gasteiger partial charge on any atom is -0.340 e. The summed E-state index contributed by atoms with van der Waals surface area (Å²) in [5.41, 5.74) is -0.565. The molecule has 30 heavy (non-hydrogen) atoms. The van der Waals surface area contributed by atoms with Crippen molar-refractivity contribution in [1.29, 1.82) is 0 Å². The number of aromatic nitrogens is 2. The van der Waals surface area contributed by atoms with Gasteiger partial charge in [0.1, 0.15) is 11.9 Å². The van der Waals surface area contributed by atoms with E-state index in [0.717, 1.165) is 18.2 Å². The fourth-order valence-corrected chi connectivity index (χ4v) is 2.85. The van der Waals surface area contributed by atoms with Crippen molar-refractivity contribution in [2.75, 3.05) is 0 Å². The number of hydrogen-bond acceptors (Lipinski definition) is 4. The largest absolute Gasteiger partial charge is 0.416 e. The maximum Gasteiger partial charge on any atom is 0.416 e. The smallest absolute Gasteiger partial charge is 0.340 e. The van der Waals surface area contributed by atoms with Gasteiger partial charge in [-0.25, -0.2) is 4.39 Å². The van der Waals surface area contributed by atoms with Crippen molar-refractivity contribution in [3.63, 3.8) is 0 Å². The summed E-state index contributed by atoms with van der Waals surface area (Å²) < 4.78 is 57.6. The molecule has 0 bridgehead atoms. The summed E-state index contributed by atoms with van der Waals surface area (Å²) >= 11 is 0. The number of rotatable bonds is 6. The Morgan fingerprint density at radius 1 is 1.17 bits per heavy atom. The molecule has 5 nitrogen and oxygen atoms in total. The maximum absolute atomic E-state index is 13.4. The molecule has 2 aromatic carbocycles. The Balaban J connectivity index is 1.88. The van der Waals surface area contributed by atoms with Crippen LogP contribution in [0.2, 0.25) is 0 Å². The van der Waals surface area contributed by atoms with Gasteiger partial charge in [-0.3, -0.25) is 4.79 Å². The summed E-state index contributed by atoms with van der Waals surface area (Å²) in [4.78, 5) is 16.7. The Labute approximate surface area is 170 Å². The van der Waals surface area contributed by atoms with Crippen LogP contribution in [0.1, 0.15) is 48.1 Å². The van der Waals surface area contributed by atoms with Gasteiger partial charge in [-0.05, 0) is 36.2 Å². The molecule has 1 N–H and O–H groups in total. The Bertz CT molecular complexity index is 1030. The highest BCUT2D eigenvalue weighted by atomic mass is 19.4. The molecular weight excluding hydrogens is 402 g/mol. The number of alkyl halides is 3. The highest BCUT2D eigenvalue weighted by Gasteiger charge is 2.31. The lowest BCUT2D eigenvalue weighted by molar-refractivity contribution is -0.137. The molecule has 2 atom stereocenters. The molecule has 3 aromatic rings. The molecule has 0 spiro atoms. The fraction of sp³-hybridized carbons (Fsp3) is 0.286. The van der Waals surface area contributed by atoms with E-state index in [1.54, 1.807) is 0 Å². The van der Waals surface area contributed by atoms with Crippen molar-refractivity contribution in [3.8, 4) is 11.4 Å². The molecule has 2 unspecified atom stereocenters. The SMILES string of the molecule is CCC(C)C(NC(=O)c1cccc(F)c1)c1nc(-c2cccc(C(F)(F)F)c2)no1. The first-order valence-electron chi connectivity index (χ1n) is 9.26. The van der Waals surface area contributed by atoms with Crippen molar-refractivity contribution < 1.29 is 26.9 Å². The van der Waals surface area contributed by atoms with Crippen LogP contribution < -0.4 is 5.32 Å². The lowest BCUT2D eigenvalue weighted by Crippen LogP contribution is -2.32. The maximum atomic E-state index is 13.4. The van der Waals surface area contributed by atoms with Gasteiger partial charge < -0.3 is 9.84 Å². The van der Waals surface area contributed by atoms with Gasteiger partial charge in [0.25, 0.3) is 5.91 Å². The second kappa shape index (κ2) is 8.64. The van der Waals surface area contributed by atoms with Gasteiger partial charge in [-0.2, -0.15) is 18.2 Å².